The van der Waals surface area contributed by atoms with Crippen molar-refractivity contribution in [3.8, 4) is 0 Å². The van der Waals surface area contributed by atoms with Crippen LogP contribution in [0.5, 0.6) is 0 Å². The molecule has 0 unspecified atom stereocenters. The Morgan fingerprint density at radius 2 is 2.21 bits per heavy atom. The SMILES string of the molecule is CN(CCO)c1ccnc(CO)c1Cl. The second-order valence-electron chi connectivity index (χ2n) is 2.89. The van der Waals surface area contributed by atoms with E-state index in [-0.39, 0.29) is 13.2 Å². The van der Waals surface area contributed by atoms with E-state index in [0.717, 1.165) is 5.69 Å². The number of aromatic nitrogens is 1. The van der Waals surface area contributed by atoms with E-state index in [1.165, 1.54) is 0 Å². The van der Waals surface area contributed by atoms with Crippen molar-refractivity contribution in [2.75, 3.05) is 25.1 Å². The summed E-state index contributed by atoms with van der Waals surface area (Å²) in [5, 5.41) is 18.1. The number of aliphatic hydroxyl groups excluding tert-OH is 2. The lowest BCUT2D eigenvalue weighted by atomic mass is 10.3. The van der Waals surface area contributed by atoms with Crippen molar-refractivity contribution in [2.45, 2.75) is 6.61 Å². The van der Waals surface area contributed by atoms with Gasteiger partial charge in [0.2, 0.25) is 0 Å². The van der Waals surface area contributed by atoms with Gasteiger partial charge < -0.3 is 15.1 Å². The van der Waals surface area contributed by atoms with Gasteiger partial charge in [0.05, 0.1) is 29.6 Å². The molecule has 0 radical (unpaired) electrons. The molecule has 2 N–H and O–H groups in total. The van der Waals surface area contributed by atoms with Gasteiger partial charge in [-0.15, -0.1) is 0 Å². The highest BCUT2D eigenvalue weighted by Gasteiger charge is 2.09. The molecule has 0 fully saturated rings. The standard InChI is InChI=1S/C9H13ClN2O2/c1-12(4-5-13)8-2-3-11-7(6-14)9(8)10/h2-3,13-14H,4-6H2,1H3. The van der Waals surface area contributed by atoms with Crippen LogP contribution in [0.3, 0.4) is 0 Å². The Morgan fingerprint density at radius 3 is 2.79 bits per heavy atom. The van der Waals surface area contributed by atoms with Gasteiger partial charge in [0.25, 0.3) is 0 Å². The summed E-state index contributed by atoms with van der Waals surface area (Å²) in [7, 11) is 1.82. The van der Waals surface area contributed by atoms with Crippen LogP contribution >= 0.6 is 11.6 Å². The first kappa shape index (κ1) is 11.2. The van der Waals surface area contributed by atoms with E-state index in [4.69, 9.17) is 21.8 Å². The molecule has 0 aliphatic heterocycles. The highest BCUT2D eigenvalue weighted by atomic mass is 35.5. The molecule has 0 spiro atoms. The fraction of sp³-hybridized carbons (Fsp3) is 0.444. The van der Waals surface area contributed by atoms with Gasteiger partial charge in [-0.05, 0) is 6.07 Å². The molecular weight excluding hydrogens is 204 g/mol. The van der Waals surface area contributed by atoms with Gasteiger partial charge in [0, 0.05) is 19.8 Å². The Morgan fingerprint density at radius 1 is 1.50 bits per heavy atom. The maximum atomic E-state index is 8.94. The quantitative estimate of drug-likeness (QED) is 0.776. The normalized spacial score (nSPS) is 10.3. The minimum Gasteiger partial charge on any atom is -0.395 e. The van der Waals surface area contributed by atoms with Gasteiger partial charge in [0.15, 0.2) is 0 Å². The molecule has 5 heteroatoms. The minimum atomic E-state index is -0.181. The summed E-state index contributed by atoms with van der Waals surface area (Å²) in [6.07, 6.45) is 1.58. The summed E-state index contributed by atoms with van der Waals surface area (Å²) in [5.41, 5.74) is 1.22. The number of aliphatic hydroxyl groups is 2. The molecule has 0 atom stereocenters. The lowest BCUT2D eigenvalue weighted by Crippen LogP contribution is -2.21. The van der Waals surface area contributed by atoms with Gasteiger partial charge in [-0.3, -0.25) is 4.98 Å². The second kappa shape index (κ2) is 5.14. The van der Waals surface area contributed by atoms with Crippen LogP contribution < -0.4 is 4.90 Å². The summed E-state index contributed by atoms with van der Waals surface area (Å²) in [5.74, 6) is 0. The summed E-state index contributed by atoms with van der Waals surface area (Å²) in [6.45, 7) is 0.373. The summed E-state index contributed by atoms with van der Waals surface area (Å²) in [4.78, 5) is 5.74. The van der Waals surface area contributed by atoms with E-state index in [0.29, 0.717) is 17.3 Å². The molecule has 14 heavy (non-hydrogen) atoms. The maximum Gasteiger partial charge on any atom is 0.0878 e. The van der Waals surface area contributed by atoms with Gasteiger partial charge >= 0.3 is 0 Å². The number of rotatable bonds is 4. The number of anilines is 1. The van der Waals surface area contributed by atoms with Crippen molar-refractivity contribution in [1.82, 2.24) is 4.98 Å². The van der Waals surface area contributed by atoms with Crippen molar-refractivity contribution < 1.29 is 10.2 Å². The predicted octanol–water partition coefficient (Wildman–Crippen LogP) is 0.656. The molecule has 1 aromatic heterocycles. The second-order valence-corrected chi connectivity index (χ2v) is 3.27. The van der Waals surface area contributed by atoms with E-state index < -0.39 is 0 Å². The third-order valence-corrected chi connectivity index (χ3v) is 2.35. The topological polar surface area (TPSA) is 56.6 Å². The zero-order chi connectivity index (χ0) is 10.6. The molecular formula is C9H13ClN2O2. The fourth-order valence-corrected chi connectivity index (χ4v) is 1.47. The van der Waals surface area contributed by atoms with E-state index in [9.17, 15) is 0 Å². The smallest absolute Gasteiger partial charge is 0.0878 e. The summed E-state index contributed by atoms with van der Waals surface area (Å²) in [6, 6.07) is 1.75. The first-order chi connectivity index (χ1) is 6.70. The van der Waals surface area contributed by atoms with Crippen LogP contribution in [0, 0.1) is 0 Å². The molecule has 0 amide bonds. The number of nitrogens with zero attached hydrogens (tertiary/aromatic N) is 2. The fourth-order valence-electron chi connectivity index (χ4n) is 1.15. The van der Waals surface area contributed by atoms with E-state index >= 15 is 0 Å². The first-order valence-corrected chi connectivity index (χ1v) is 4.64. The Kier molecular flexibility index (Phi) is 4.13. The summed E-state index contributed by atoms with van der Waals surface area (Å²) < 4.78 is 0. The van der Waals surface area contributed by atoms with Crippen LogP contribution in [0.4, 0.5) is 5.69 Å². The third kappa shape index (κ3) is 2.35. The van der Waals surface area contributed by atoms with Crippen LogP contribution in [-0.2, 0) is 6.61 Å². The lowest BCUT2D eigenvalue weighted by molar-refractivity contribution is 0.277. The largest absolute Gasteiger partial charge is 0.395 e. The monoisotopic (exact) mass is 216 g/mol. The highest BCUT2D eigenvalue weighted by Crippen LogP contribution is 2.26. The molecule has 78 valence electrons. The number of likely N-dealkylation sites (N-methyl/N-ethyl adjacent to an activating group) is 1. The minimum absolute atomic E-state index is 0.0591. The van der Waals surface area contributed by atoms with Crippen LogP contribution in [0.15, 0.2) is 12.3 Å². The van der Waals surface area contributed by atoms with E-state index in [2.05, 4.69) is 4.98 Å². The number of halogens is 1. The average molecular weight is 217 g/mol. The van der Waals surface area contributed by atoms with Crippen molar-refractivity contribution in [2.24, 2.45) is 0 Å². The van der Waals surface area contributed by atoms with Crippen LogP contribution in [0.1, 0.15) is 5.69 Å². The molecule has 0 aliphatic rings. The van der Waals surface area contributed by atoms with Crippen LogP contribution in [-0.4, -0.2) is 35.4 Å². The van der Waals surface area contributed by atoms with Crippen molar-refractivity contribution in [3.05, 3.63) is 23.0 Å². The zero-order valence-electron chi connectivity index (χ0n) is 7.94. The zero-order valence-corrected chi connectivity index (χ0v) is 8.70. The molecule has 4 nitrogen and oxygen atoms in total. The highest BCUT2D eigenvalue weighted by molar-refractivity contribution is 6.33. The van der Waals surface area contributed by atoms with Crippen LogP contribution in [0.25, 0.3) is 0 Å². The molecule has 0 saturated heterocycles. The van der Waals surface area contributed by atoms with E-state index in [1.54, 1.807) is 12.3 Å². The van der Waals surface area contributed by atoms with Crippen molar-refractivity contribution in [3.63, 3.8) is 0 Å². The average Bonchev–Trinajstić information content (AvgIpc) is 2.18. The van der Waals surface area contributed by atoms with Gasteiger partial charge in [-0.1, -0.05) is 11.6 Å². The lowest BCUT2D eigenvalue weighted by Gasteiger charge is -2.19. The molecule has 0 bridgehead atoms. The predicted molar refractivity (Wildman–Crippen MR) is 55.5 cm³/mol. The maximum absolute atomic E-state index is 8.94. The van der Waals surface area contributed by atoms with E-state index in [1.807, 2.05) is 11.9 Å². The first-order valence-electron chi connectivity index (χ1n) is 4.27. The Hall–Kier alpha value is -0.840. The van der Waals surface area contributed by atoms with Gasteiger partial charge in [-0.2, -0.15) is 0 Å². The molecule has 0 aliphatic carbocycles. The Bertz CT molecular complexity index is 307. The number of pyridine rings is 1. The number of hydrogen-bond acceptors (Lipinski definition) is 4. The molecule has 1 aromatic rings. The summed E-state index contributed by atoms with van der Waals surface area (Å²) >= 11 is 5.99. The van der Waals surface area contributed by atoms with Crippen LogP contribution in [0.2, 0.25) is 5.02 Å². The van der Waals surface area contributed by atoms with Crippen molar-refractivity contribution >= 4 is 17.3 Å². The molecule has 0 aromatic carbocycles. The Balaban J connectivity index is 2.96. The van der Waals surface area contributed by atoms with Gasteiger partial charge in [-0.25, -0.2) is 0 Å². The molecule has 1 heterocycles. The third-order valence-electron chi connectivity index (χ3n) is 1.94. The molecule has 0 saturated carbocycles. The Labute approximate surface area is 87.8 Å². The van der Waals surface area contributed by atoms with Gasteiger partial charge in [0.1, 0.15) is 0 Å². The number of hydrogen-bond donors (Lipinski definition) is 2. The van der Waals surface area contributed by atoms with Crippen molar-refractivity contribution in [1.29, 1.82) is 0 Å². The molecule has 1 rings (SSSR count).